The van der Waals surface area contributed by atoms with Gasteiger partial charge in [0, 0.05) is 6.54 Å². The van der Waals surface area contributed by atoms with Gasteiger partial charge in [0.05, 0.1) is 29.1 Å². The van der Waals surface area contributed by atoms with Crippen LogP contribution in [-0.4, -0.2) is 51.8 Å². The summed E-state index contributed by atoms with van der Waals surface area (Å²) in [6.07, 6.45) is -5.19. The maximum atomic E-state index is 14.6. The van der Waals surface area contributed by atoms with Crippen LogP contribution in [0.1, 0.15) is 22.3 Å². The van der Waals surface area contributed by atoms with Crippen molar-refractivity contribution >= 4 is 22.8 Å². The number of benzene rings is 2. The Kier molecular flexibility index (Phi) is 6.43. The van der Waals surface area contributed by atoms with Crippen molar-refractivity contribution in [2.24, 2.45) is 0 Å². The minimum atomic E-state index is -5.36. The van der Waals surface area contributed by atoms with Crippen LogP contribution < -0.4 is 16.6 Å². The van der Waals surface area contributed by atoms with Crippen LogP contribution in [0.4, 0.5) is 17.6 Å². The number of halogens is 4. The van der Waals surface area contributed by atoms with Gasteiger partial charge in [-0.2, -0.15) is 18.2 Å². The maximum Gasteiger partial charge on any atom is 0.493 e. The van der Waals surface area contributed by atoms with Crippen LogP contribution in [0.15, 0.2) is 52.1 Å². The molecule has 1 atom stereocenters. The van der Waals surface area contributed by atoms with Crippen molar-refractivity contribution in [3.63, 3.8) is 0 Å². The van der Waals surface area contributed by atoms with Gasteiger partial charge in [0.15, 0.2) is 0 Å². The van der Waals surface area contributed by atoms with Crippen LogP contribution in [0.5, 0.6) is 0 Å². The van der Waals surface area contributed by atoms with Crippen molar-refractivity contribution in [3.05, 3.63) is 80.2 Å². The average molecular weight is 494 g/mol. The number of aromatic nitrogens is 2. The molecule has 9 nitrogen and oxygen atoms in total. The van der Waals surface area contributed by atoms with Crippen LogP contribution in [0, 0.1) is 5.82 Å². The third-order valence-electron chi connectivity index (χ3n) is 5.49. The highest BCUT2D eigenvalue weighted by Gasteiger charge is 2.45. The van der Waals surface area contributed by atoms with E-state index in [2.05, 4.69) is 15.1 Å². The van der Waals surface area contributed by atoms with E-state index in [1.165, 1.54) is 22.8 Å². The molecule has 1 unspecified atom stereocenters. The Bertz CT molecular complexity index is 1410. The summed E-state index contributed by atoms with van der Waals surface area (Å²) in [6, 6.07) is 8.57. The first kappa shape index (κ1) is 24.1. The van der Waals surface area contributed by atoms with E-state index < -0.39 is 46.7 Å². The highest BCUT2D eigenvalue weighted by molar-refractivity contribution is 5.95. The van der Waals surface area contributed by atoms with Crippen LogP contribution in [0.3, 0.4) is 0 Å². The van der Waals surface area contributed by atoms with Crippen molar-refractivity contribution < 1.29 is 32.0 Å². The molecule has 4 rings (SSSR count). The predicted octanol–water partition coefficient (Wildman–Crippen LogP) is 1.70. The zero-order chi connectivity index (χ0) is 25.3. The number of hydroxylamine groups is 2. The van der Waals surface area contributed by atoms with Crippen molar-refractivity contribution in [1.29, 1.82) is 0 Å². The fourth-order valence-electron chi connectivity index (χ4n) is 3.80. The molecule has 1 amide bonds. The molecular formula is C22H18F4N4O5. The second kappa shape index (κ2) is 9.33. The molecule has 0 bridgehead atoms. The number of alkyl halides is 3. The Morgan fingerprint density at radius 2 is 1.89 bits per heavy atom. The number of hydrogen-bond donors (Lipinski definition) is 2. The van der Waals surface area contributed by atoms with Crippen LogP contribution in [0.2, 0.25) is 0 Å². The van der Waals surface area contributed by atoms with E-state index in [1.807, 2.05) is 0 Å². The SMILES string of the molecule is O=C(c1cc(Cn2c(=O)[nH]c(=O)c3ccccc32)ccc1F)N(OC(=O)C(F)(F)F)C1CCNC1. The van der Waals surface area contributed by atoms with E-state index in [1.54, 1.807) is 12.1 Å². The number of carbonyl (C=O) groups is 2. The van der Waals surface area contributed by atoms with Crippen molar-refractivity contribution in [3.8, 4) is 0 Å². The molecule has 13 heteroatoms. The summed E-state index contributed by atoms with van der Waals surface area (Å²) in [5.41, 5.74) is -1.46. The largest absolute Gasteiger partial charge is 0.493 e. The second-order valence-electron chi connectivity index (χ2n) is 7.83. The number of nitrogens with zero attached hydrogens (tertiary/aromatic N) is 2. The molecule has 0 aliphatic carbocycles. The first-order valence-electron chi connectivity index (χ1n) is 10.4. The molecule has 1 aromatic heterocycles. The van der Waals surface area contributed by atoms with Crippen LogP contribution in [-0.2, 0) is 16.2 Å². The van der Waals surface area contributed by atoms with E-state index in [0.29, 0.717) is 6.54 Å². The number of aromatic amines is 1. The van der Waals surface area contributed by atoms with Gasteiger partial charge in [0.2, 0.25) is 0 Å². The molecule has 0 spiro atoms. The highest BCUT2D eigenvalue weighted by atomic mass is 19.4. The van der Waals surface area contributed by atoms with Gasteiger partial charge in [-0.1, -0.05) is 18.2 Å². The molecule has 3 aromatic rings. The van der Waals surface area contributed by atoms with E-state index in [9.17, 15) is 36.7 Å². The Balaban J connectivity index is 1.70. The number of nitrogens with one attached hydrogen (secondary N) is 2. The first-order chi connectivity index (χ1) is 16.6. The number of H-pyrrole nitrogens is 1. The highest BCUT2D eigenvalue weighted by Crippen LogP contribution is 2.23. The van der Waals surface area contributed by atoms with E-state index >= 15 is 0 Å². The Morgan fingerprint density at radius 1 is 1.14 bits per heavy atom. The lowest BCUT2D eigenvalue weighted by molar-refractivity contribution is -0.233. The van der Waals surface area contributed by atoms with E-state index in [-0.39, 0.29) is 41.0 Å². The molecule has 0 radical (unpaired) electrons. The summed E-state index contributed by atoms with van der Waals surface area (Å²) in [7, 11) is 0. The zero-order valence-corrected chi connectivity index (χ0v) is 17.9. The van der Waals surface area contributed by atoms with Gasteiger partial charge < -0.3 is 10.2 Å². The number of amides is 1. The van der Waals surface area contributed by atoms with Gasteiger partial charge in [-0.25, -0.2) is 14.0 Å². The molecule has 184 valence electrons. The number of hydrogen-bond acceptors (Lipinski definition) is 6. The van der Waals surface area contributed by atoms with Crippen molar-refractivity contribution in [2.75, 3.05) is 13.1 Å². The second-order valence-corrected chi connectivity index (χ2v) is 7.83. The maximum absolute atomic E-state index is 14.6. The average Bonchev–Trinajstić information content (AvgIpc) is 3.34. The summed E-state index contributed by atoms with van der Waals surface area (Å²) in [6.45, 7) is 0.198. The van der Waals surface area contributed by atoms with Gasteiger partial charge in [-0.15, -0.1) is 0 Å². The minimum Gasteiger partial charge on any atom is -0.329 e. The van der Waals surface area contributed by atoms with Crippen LogP contribution in [0.25, 0.3) is 10.9 Å². The van der Waals surface area contributed by atoms with Crippen molar-refractivity contribution in [1.82, 2.24) is 19.9 Å². The molecule has 2 aromatic carbocycles. The molecule has 1 fully saturated rings. The lowest BCUT2D eigenvalue weighted by atomic mass is 10.1. The predicted molar refractivity (Wildman–Crippen MR) is 114 cm³/mol. The lowest BCUT2D eigenvalue weighted by Gasteiger charge is -2.27. The summed E-state index contributed by atoms with van der Waals surface area (Å²) >= 11 is 0. The lowest BCUT2D eigenvalue weighted by Crippen LogP contribution is -2.45. The molecule has 0 saturated carbocycles. The minimum absolute atomic E-state index is 0.0386. The first-order valence-corrected chi connectivity index (χ1v) is 10.4. The number of fused-ring (bicyclic) bond motifs is 1. The summed E-state index contributed by atoms with van der Waals surface area (Å²) in [4.78, 5) is 55.5. The topological polar surface area (TPSA) is 114 Å². The number of rotatable bonds is 4. The molecule has 1 saturated heterocycles. The van der Waals surface area contributed by atoms with Gasteiger partial charge in [0.25, 0.3) is 11.5 Å². The van der Waals surface area contributed by atoms with Crippen LogP contribution >= 0.6 is 0 Å². The van der Waals surface area contributed by atoms with Gasteiger partial charge in [-0.3, -0.25) is 19.1 Å². The monoisotopic (exact) mass is 494 g/mol. The van der Waals surface area contributed by atoms with Gasteiger partial charge in [0.1, 0.15) is 5.82 Å². The normalized spacial score (nSPS) is 15.8. The molecule has 1 aliphatic heterocycles. The van der Waals surface area contributed by atoms with Gasteiger partial charge >= 0.3 is 17.8 Å². The third kappa shape index (κ3) is 4.94. The van der Waals surface area contributed by atoms with E-state index in [4.69, 9.17) is 0 Å². The van der Waals surface area contributed by atoms with E-state index in [0.717, 1.165) is 12.1 Å². The third-order valence-corrected chi connectivity index (χ3v) is 5.49. The Labute approximate surface area is 193 Å². The van der Waals surface area contributed by atoms with Crippen molar-refractivity contribution in [2.45, 2.75) is 25.2 Å². The van der Waals surface area contributed by atoms with Gasteiger partial charge in [-0.05, 0) is 42.8 Å². The Hall–Kier alpha value is -4.00. The summed E-state index contributed by atoms with van der Waals surface area (Å²) in [5, 5.41) is 3.29. The molecular weight excluding hydrogens is 476 g/mol. The number of para-hydroxylation sites is 1. The number of carbonyl (C=O) groups excluding carboxylic acids is 2. The zero-order valence-electron chi connectivity index (χ0n) is 17.9. The molecule has 2 N–H and O–H groups in total. The smallest absolute Gasteiger partial charge is 0.329 e. The quantitative estimate of drug-likeness (QED) is 0.422. The fraction of sp³-hybridized carbons (Fsp3) is 0.273. The summed E-state index contributed by atoms with van der Waals surface area (Å²) in [5.74, 6) is -4.95. The summed E-state index contributed by atoms with van der Waals surface area (Å²) < 4.78 is 54.2. The fourth-order valence-corrected chi connectivity index (χ4v) is 3.80. The molecule has 2 heterocycles. The standard InChI is InChI=1S/C22H18F4N4O5/c23-16-6-5-12(11-29-17-4-2-1-3-14(17)18(31)28-21(29)34)9-15(16)19(32)30(13-7-8-27-10-13)35-20(33)22(24,25)26/h1-6,9,13,27H,7-8,10-11H2,(H,28,31,34). The molecule has 1 aliphatic rings. The Morgan fingerprint density at radius 3 is 2.57 bits per heavy atom. The molecule has 35 heavy (non-hydrogen) atoms.